The van der Waals surface area contributed by atoms with Gasteiger partial charge in [0, 0.05) is 33.0 Å². The van der Waals surface area contributed by atoms with E-state index in [0.29, 0.717) is 17.5 Å². The van der Waals surface area contributed by atoms with Crippen molar-refractivity contribution in [3.8, 4) is 45.3 Å². The van der Waals surface area contributed by atoms with E-state index >= 15 is 0 Å². The Kier molecular flexibility index (Phi) is 5.78. The molecule has 0 amide bonds. The lowest BCUT2D eigenvalue weighted by Crippen LogP contribution is -2.00. The van der Waals surface area contributed by atoms with E-state index in [9.17, 15) is 0 Å². The molecule has 4 heteroatoms. The highest BCUT2D eigenvalue weighted by atomic mass is 16.3. The zero-order valence-electron chi connectivity index (χ0n) is 24.2. The van der Waals surface area contributed by atoms with Crippen LogP contribution in [0.2, 0.25) is 0 Å². The van der Waals surface area contributed by atoms with Crippen LogP contribution in [0.25, 0.3) is 88.8 Å². The maximum atomic E-state index is 6.68. The van der Waals surface area contributed by atoms with Gasteiger partial charge in [-0.3, -0.25) is 0 Å². The third kappa shape index (κ3) is 4.35. The molecule has 9 aromatic rings. The molecule has 0 saturated carbocycles. The second-order valence-electron chi connectivity index (χ2n) is 11.3. The van der Waals surface area contributed by atoms with Crippen molar-refractivity contribution in [1.29, 1.82) is 0 Å². The van der Waals surface area contributed by atoms with Gasteiger partial charge in [-0.05, 0) is 57.4 Å². The monoisotopic (exact) mass is 575 g/mol. The number of nitrogens with zero attached hydrogens (tertiary/aromatic N) is 3. The predicted octanol–water partition coefficient (Wildman–Crippen LogP) is 10.7. The quantitative estimate of drug-likeness (QED) is 0.209. The first-order valence-corrected chi connectivity index (χ1v) is 15.0. The van der Waals surface area contributed by atoms with E-state index in [1.807, 2.05) is 72.8 Å². The van der Waals surface area contributed by atoms with E-state index in [-0.39, 0.29) is 0 Å². The SMILES string of the molecule is c1ccc(-c2nc(-c3ccccc3)nc(-c3ccc4oc5c(-c6ccc7ccccc7c6)c6ccccc6cc5c4c3)n2)cc1. The minimum atomic E-state index is 0.620. The molecule has 0 N–H and O–H groups in total. The van der Waals surface area contributed by atoms with Gasteiger partial charge in [0.15, 0.2) is 17.5 Å². The minimum Gasteiger partial charge on any atom is -0.455 e. The molecule has 0 aliphatic heterocycles. The van der Waals surface area contributed by atoms with Crippen LogP contribution < -0.4 is 0 Å². The van der Waals surface area contributed by atoms with Crippen molar-refractivity contribution < 1.29 is 4.42 Å². The lowest BCUT2D eigenvalue weighted by molar-refractivity contribution is 0.670. The fourth-order valence-electron chi connectivity index (χ4n) is 6.28. The predicted molar refractivity (Wildman–Crippen MR) is 184 cm³/mol. The van der Waals surface area contributed by atoms with Crippen LogP contribution in [0, 0.1) is 0 Å². The van der Waals surface area contributed by atoms with Crippen molar-refractivity contribution in [3.63, 3.8) is 0 Å². The Bertz CT molecular complexity index is 2480. The highest BCUT2D eigenvalue weighted by molar-refractivity contribution is 6.19. The Balaban J connectivity index is 1.28. The summed E-state index contributed by atoms with van der Waals surface area (Å²) in [4.78, 5) is 14.8. The van der Waals surface area contributed by atoms with Crippen molar-refractivity contribution >= 4 is 43.5 Å². The summed E-state index contributed by atoms with van der Waals surface area (Å²) in [5, 5.41) is 6.84. The minimum absolute atomic E-state index is 0.620. The van der Waals surface area contributed by atoms with E-state index in [1.165, 1.54) is 16.2 Å². The second kappa shape index (κ2) is 10.2. The first kappa shape index (κ1) is 25.4. The molecule has 7 aromatic carbocycles. The number of rotatable bonds is 4. The standard InChI is InChI=1S/C41H25N3O/c1-3-12-27(13-4-1)39-42-40(28-14-5-2-6-15-28)44-41(43-39)32-21-22-36-34(25-32)35-24-30-17-9-10-18-33(30)37(38(35)45-36)31-20-19-26-11-7-8-16-29(26)23-31/h1-25H. The number of benzene rings is 7. The fraction of sp³-hybridized carbons (Fsp3) is 0. The van der Waals surface area contributed by atoms with Crippen LogP contribution in [-0.2, 0) is 0 Å². The van der Waals surface area contributed by atoms with Gasteiger partial charge in [0.05, 0.1) is 0 Å². The lowest BCUT2D eigenvalue weighted by atomic mass is 9.93. The number of aromatic nitrogens is 3. The maximum absolute atomic E-state index is 6.68. The van der Waals surface area contributed by atoms with Crippen LogP contribution in [0.3, 0.4) is 0 Å². The molecule has 4 nitrogen and oxygen atoms in total. The smallest absolute Gasteiger partial charge is 0.164 e. The summed E-state index contributed by atoms with van der Waals surface area (Å²) in [5.74, 6) is 1.90. The summed E-state index contributed by atoms with van der Waals surface area (Å²) in [7, 11) is 0. The Morgan fingerprint density at radius 2 is 0.933 bits per heavy atom. The topological polar surface area (TPSA) is 51.8 Å². The Labute approximate surface area is 259 Å². The van der Waals surface area contributed by atoms with Crippen LogP contribution in [0.15, 0.2) is 156 Å². The molecule has 0 radical (unpaired) electrons. The van der Waals surface area contributed by atoms with E-state index < -0.39 is 0 Å². The molecule has 210 valence electrons. The van der Waals surface area contributed by atoms with Crippen LogP contribution >= 0.6 is 0 Å². The molecule has 0 bridgehead atoms. The molecular formula is C41H25N3O. The van der Waals surface area contributed by atoms with Crippen LogP contribution in [0.1, 0.15) is 0 Å². The van der Waals surface area contributed by atoms with Gasteiger partial charge in [-0.25, -0.2) is 15.0 Å². The van der Waals surface area contributed by atoms with Crippen molar-refractivity contribution in [2.45, 2.75) is 0 Å². The van der Waals surface area contributed by atoms with Gasteiger partial charge >= 0.3 is 0 Å². The largest absolute Gasteiger partial charge is 0.455 e. The van der Waals surface area contributed by atoms with Crippen molar-refractivity contribution in [1.82, 2.24) is 15.0 Å². The Morgan fingerprint density at radius 3 is 1.64 bits per heavy atom. The van der Waals surface area contributed by atoms with E-state index in [1.54, 1.807) is 0 Å². The van der Waals surface area contributed by atoms with Gasteiger partial charge in [0.2, 0.25) is 0 Å². The van der Waals surface area contributed by atoms with Gasteiger partial charge in [-0.1, -0.05) is 121 Å². The van der Waals surface area contributed by atoms with E-state index in [2.05, 4.69) is 78.9 Å². The summed E-state index contributed by atoms with van der Waals surface area (Å²) in [6, 6.07) is 52.2. The Hall–Kier alpha value is -6.13. The average molecular weight is 576 g/mol. The van der Waals surface area contributed by atoms with Gasteiger partial charge in [-0.2, -0.15) is 0 Å². The molecule has 0 spiro atoms. The van der Waals surface area contributed by atoms with Gasteiger partial charge in [-0.15, -0.1) is 0 Å². The first-order chi connectivity index (χ1) is 22.3. The number of hydrogen-bond donors (Lipinski definition) is 0. The van der Waals surface area contributed by atoms with Crippen LogP contribution in [-0.4, -0.2) is 15.0 Å². The average Bonchev–Trinajstić information content (AvgIpc) is 3.48. The molecule has 0 saturated heterocycles. The van der Waals surface area contributed by atoms with E-state index in [0.717, 1.165) is 55.1 Å². The molecule has 2 aromatic heterocycles. The summed E-state index contributed by atoms with van der Waals surface area (Å²) in [6.07, 6.45) is 0. The van der Waals surface area contributed by atoms with E-state index in [4.69, 9.17) is 19.4 Å². The molecule has 0 aliphatic carbocycles. The first-order valence-electron chi connectivity index (χ1n) is 15.0. The maximum Gasteiger partial charge on any atom is 0.164 e. The summed E-state index contributed by atoms with van der Waals surface area (Å²) in [5.41, 5.74) is 6.73. The van der Waals surface area contributed by atoms with Gasteiger partial charge in [0.1, 0.15) is 11.2 Å². The lowest BCUT2D eigenvalue weighted by Gasteiger charge is -2.10. The molecule has 2 heterocycles. The summed E-state index contributed by atoms with van der Waals surface area (Å²) in [6.45, 7) is 0. The van der Waals surface area contributed by atoms with Gasteiger partial charge in [0.25, 0.3) is 0 Å². The zero-order valence-corrected chi connectivity index (χ0v) is 24.2. The van der Waals surface area contributed by atoms with Gasteiger partial charge < -0.3 is 4.42 Å². The third-order valence-corrected chi connectivity index (χ3v) is 8.48. The summed E-state index contributed by atoms with van der Waals surface area (Å²) < 4.78 is 6.68. The fourth-order valence-corrected chi connectivity index (χ4v) is 6.28. The summed E-state index contributed by atoms with van der Waals surface area (Å²) >= 11 is 0. The van der Waals surface area contributed by atoms with Crippen molar-refractivity contribution in [2.24, 2.45) is 0 Å². The molecule has 9 rings (SSSR count). The normalized spacial score (nSPS) is 11.6. The number of furan rings is 1. The number of hydrogen-bond acceptors (Lipinski definition) is 4. The highest BCUT2D eigenvalue weighted by Crippen LogP contribution is 2.42. The molecule has 0 atom stereocenters. The van der Waals surface area contributed by atoms with Crippen molar-refractivity contribution in [3.05, 3.63) is 152 Å². The third-order valence-electron chi connectivity index (χ3n) is 8.48. The van der Waals surface area contributed by atoms with Crippen LogP contribution in [0.4, 0.5) is 0 Å². The molecular weight excluding hydrogens is 550 g/mol. The molecule has 0 fully saturated rings. The van der Waals surface area contributed by atoms with Crippen molar-refractivity contribution in [2.75, 3.05) is 0 Å². The van der Waals surface area contributed by atoms with Crippen LogP contribution in [0.5, 0.6) is 0 Å². The number of fused-ring (bicyclic) bond motifs is 5. The molecule has 0 aliphatic rings. The highest BCUT2D eigenvalue weighted by Gasteiger charge is 2.19. The Morgan fingerprint density at radius 1 is 0.356 bits per heavy atom. The zero-order chi connectivity index (χ0) is 29.7. The second-order valence-corrected chi connectivity index (χ2v) is 11.3. The molecule has 0 unspecified atom stereocenters. The molecule has 45 heavy (non-hydrogen) atoms.